The highest BCUT2D eigenvalue weighted by Gasteiger charge is 2.32. The molecule has 0 heterocycles. The standard InChI is InChI=1S/C14H8F3NO3S/c15-14(16,17)11-4-2-6-13(8-11)22(19,20)21-12-5-1-3-10(7-12)9-18/h1-8H. The van der Waals surface area contributed by atoms with E-state index in [0.29, 0.717) is 6.07 Å². The van der Waals surface area contributed by atoms with Gasteiger partial charge >= 0.3 is 16.3 Å². The Hall–Kier alpha value is -2.53. The van der Waals surface area contributed by atoms with Crippen LogP contribution in [0.1, 0.15) is 11.1 Å². The van der Waals surface area contributed by atoms with E-state index in [9.17, 15) is 21.6 Å². The number of rotatable bonds is 3. The predicted octanol–water partition coefficient (Wildman–Crippen LogP) is 3.34. The Labute approximate surface area is 124 Å². The molecule has 2 aromatic rings. The second-order valence-electron chi connectivity index (χ2n) is 4.20. The molecule has 0 unspecified atom stereocenters. The summed E-state index contributed by atoms with van der Waals surface area (Å²) in [6, 6.07) is 10.3. The normalized spacial score (nSPS) is 11.7. The molecule has 0 aromatic heterocycles. The molecule has 114 valence electrons. The van der Waals surface area contributed by atoms with Gasteiger partial charge in [-0.2, -0.15) is 26.9 Å². The molecule has 0 fully saturated rings. The molecule has 22 heavy (non-hydrogen) atoms. The molecule has 0 aliphatic carbocycles. The average molecular weight is 327 g/mol. The van der Waals surface area contributed by atoms with Crippen LogP contribution in [0.5, 0.6) is 5.75 Å². The minimum atomic E-state index is -4.66. The third-order valence-corrected chi connectivity index (χ3v) is 3.86. The molecular weight excluding hydrogens is 319 g/mol. The van der Waals surface area contributed by atoms with E-state index < -0.39 is 26.8 Å². The summed E-state index contributed by atoms with van der Waals surface area (Å²) in [5.74, 6) is -0.156. The highest BCUT2D eigenvalue weighted by molar-refractivity contribution is 7.87. The van der Waals surface area contributed by atoms with Gasteiger partial charge < -0.3 is 4.18 Å². The van der Waals surface area contributed by atoms with Crippen LogP contribution in [0.15, 0.2) is 53.4 Å². The fourth-order valence-corrected chi connectivity index (χ4v) is 2.59. The van der Waals surface area contributed by atoms with Crippen LogP contribution in [0.25, 0.3) is 0 Å². The Balaban J connectivity index is 2.37. The first-order chi connectivity index (χ1) is 10.2. The van der Waals surface area contributed by atoms with Gasteiger partial charge in [-0.25, -0.2) is 0 Å². The summed E-state index contributed by atoms with van der Waals surface area (Å²) >= 11 is 0. The van der Waals surface area contributed by atoms with Crippen molar-refractivity contribution in [2.45, 2.75) is 11.1 Å². The van der Waals surface area contributed by atoms with E-state index in [-0.39, 0.29) is 11.3 Å². The van der Waals surface area contributed by atoms with Crippen molar-refractivity contribution in [3.05, 3.63) is 59.7 Å². The molecule has 0 amide bonds. The lowest BCUT2D eigenvalue weighted by molar-refractivity contribution is -0.137. The maximum atomic E-state index is 12.6. The van der Waals surface area contributed by atoms with Crippen LogP contribution < -0.4 is 4.18 Å². The first-order valence-corrected chi connectivity index (χ1v) is 7.25. The van der Waals surface area contributed by atoms with E-state index in [0.717, 1.165) is 18.2 Å². The Morgan fingerprint density at radius 1 is 1.05 bits per heavy atom. The first kappa shape index (κ1) is 15.9. The average Bonchev–Trinajstić information content (AvgIpc) is 2.46. The summed E-state index contributed by atoms with van der Waals surface area (Å²) in [5, 5.41) is 8.72. The summed E-state index contributed by atoms with van der Waals surface area (Å²) in [7, 11) is -4.43. The van der Waals surface area contributed by atoms with Crippen LogP contribution in [-0.4, -0.2) is 8.42 Å². The Bertz CT molecular complexity index is 839. The van der Waals surface area contributed by atoms with Crippen molar-refractivity contribution in [3.8, 4) is 11.8 Å². The highest BCUT2D eigenvalue weighted by atomic mass is 32.2. The van der Waals surface area contributed by atoms with Crippen molar-refractivity contribution < 1.29 is 25.8 Å². The molecule has 0 N–H and O–H groups in total. The van der Waals surface area contributed by atoms with E-state index in [2.05, 4.69) is 0 Å². The summed E-state index contributed by atoms with van der Waals surface area (Å²) < 4.78 is 66.6. The number of benzene rings is 2. The number of hydrogen-bond acceptors (Lipinski definition) is 4. The zero-order valence-electron chi connectivity index (χ0n) is 10.8. The minimum absolute atomic E-state index is 0.156. The molecule has 0 aliphatic heterocycles. The third kappa shape index (κ3) is 3.56. The first-order valence-electron chi connectivity index (χ1n) is 5.84. The molecule has 0 atom stereocenters. The Morgan fingerprint density at radius 2 is 1.73 bits per heavy atom. The predicted molar refractivity (Wildman–Crippen MR) is 70.4 cm³/mol. The number of nitriles is 1. The molecule has 0 radical (unpaired) electrons. The smallest absolute Gasteiger partial charge is 0.379 e. The van der Waals surface area contributed by atoms with E-state index in [1.807, 2.05) is 0 Å². The summed E-state index contributed by atoms with van der Waals surface area (Å²) in [6.45, 7) is 0. The lowest BCUT2D eigenvalue weighted by atomic mass is 10.2. The number of hydrogen-bond donors (Lipinski definition) is 0. The molecule has 0 spiro atoms. The second-order valence-corrected chi connectivity index (χ2v) is 5.75. The van der Waals surface area contributed by atoms with Crippen LogP contribution in [-0.2, 0) is 16.3 Å². The maximum absolute atomic E-state index is 12.6. The molecule has 2 rings (SSSR count). The van der Waals surface area contributed by atoms with Crippen molar-refractivity contribution in [2.75, 3.05) is 0 Å². The van der Waals surface area contributed by atoms with Crippen molar-refractivity contribution in [1.29, 1.82) is 5.26 Å². The minimum Gasteiger partial charge on any atom is -0.379 e. The van der Waals surface area contributed by atoms with E-state index in [1.54, 1.807) is 6.07 Å². The Kier molecular flexibility index (Phi) is 4.10. The van der Waals surface area contributed by atoms with Crippen LogP contribution in [0.2, 0.25) is 0 Å². The number of nitrogens with zero attached hydrogens (tertiary/aromatic N) is 1. The van der Waals surface area contributed by atoms with Gasteiger partial charge in [0.2, 0.25) is 0 Å². The van der Waals surface area contributed by atoms with Crippen molar-refractivity contribution in [1.82, 2.24) is 0 Å². The van der Waals surface area contributed by atoms with Crippen LogP contribution in [0, 0.1) is 11.3 Å². The molecule has 0 saturated heterocycles. The van der Waals surface area contributed by atoms with Gasteiger partial charge in [0.05, 0.1) is 17.2 Å². The Morgan fingerprint density at radius 3 is 2.36 bits per heavy atom. The van der Waals surface area contributed by atoms with E-state index in [1.165, 1.54) is 24.3 Å². The van der Waals surface area contributed by atoms with Crippen molar-refractivity contribution in [3.63, 3.8) is 0 Å². The fraction of sp³-hybridized carbons (Fsp3) is 0.0714. The second kappa shape index (κ2) is 5.69. The van der Waals surface area contributed by atoms with E-state index in [4.69, 9.17) is 9.44 Å². The summed E-state index contributed by atoms with van der Waals surface area (Å²) in [6.07, 6.45) is -4.66. The summed E-state index contributed by atoms with van der Waals surface area (Å²) in [5.41, 5.74) is -0.931. The quantitative estimate of drug-likeness (QED) is 0.811. The van der Waals surface area contributed by atoms with Crippen molar-refractivity contribution in [2.24, 2.45) is 0 Å². The zero-order valence-corrected chi connectivity index (χ0v) is 11.6. The van der Waals surface area contributed by atoms with E-state index >= 15 is 0 Å². The molecule has 2 aromatic carbocycles. The molecule has 0 aliphatic rings. The highest BCUT2D eigenvalue weighted by Crippen LogP contribution is 2.31. The monoisotopic (exact) mass is 327 g/mol. The number of halogens is 3. The topological polar surface area (TPSA) is 67.2 Å². The van der Waals surface area contributed by atoms with Gasteiger partial charge in [-0.1, -0.05) is 12.1 Å². The van der Waals surface area contributed by atoms with Gasteiger partial charge in [0.25, 0.3) is 0 Å². The van der Waals surface area contributed by atoms with Crippen LogP contribution >= 0.6 is 0 Å². The van der Waals surface area contributed by atoms with Gasteiger partial charge in [0, 0.05) is 0 Å². The van der Waals surface area contributed by atoms with Crippen LogP contribution in [0.3, 0.4) is 0 Å². The van der Waals surface area contributed by atoms with Gasteiger partial charge in [-0.15, -0.1) is 0 Å². The molecule has 8 heteroatoms. The maximum Gasteiger partial charge on any atom is 0.416 e. The molecular formula is C14H8F3NO3S. The zero-order chi connectivity index (χ0) is 16.4. The van der Waals surface area contributed by atoms with Gasteiger partial charge in [0.1, 0.15) is 10.6 Å². The number of alkyl halides is 3. The van der Waals surface area contributed by atoms with Crippen molar-refractivity contribution >= 4 is 10.1 Å². The lowest BCUT2D eigenvalue weighted by Gasteiger charge is -2.10. The fourth-order valence-electron chi connectivity index (χ4n) is 1.62. The molecule has 0 saturated carbocycles. The van der Waals surface area contributed by atoms with Gasteiger partial charge in [-0.05, 0) is 36.4 Å². The summed E-state index contributed by atoms with van der Waals surface area (Å²) in [4.78, 5) is -0.621. The third-order valence-electron chi connectivity index (χ3n) is 2.62. The lowest BCUT2D eigenvalue weighted by Crippen LogP contribution is -2.12. The van der Waals surface area contributed by atoms with Gasteiger partial charge in [0.15, 0.2) is 0 Å². The van der Waals surface area contributed by atoms with Crippen LogP contribution in [0.4, 0.5) is 13.2 Å². The molecule has 4 nitrogen and oxygen atoms in total. The molecule has 0 bridgehead atoms. The van der Waals surface area contributed by atoms with Gasteiger partial charge in [-0.3, -0.25) is 0 Å². The largest absolute Gasteiger partial charge is 0.416 e. The SMILES string of the molecule is N#Cc1cccc(OS(=O)(=O)c2cccc(C(F)(F)F)c2)c1.